The molecular formula is C17H11BrFNO2S2. The first-order chi connectivity index (χ1) is 11.5. The van der Waals surface area contributed by atoms with E-state index in [9.17, 15) is 9.18 Å². The lowest BCUT2D eigenvalue weighted by atomic mass is 10.1. The largest absolute Gasteiger partial charge is 0.488 e. The molecule has 1 fully saturated rings. The zero-order valence-electron chi connectivity index (χ0n) is 12.2. The molecule has 1 saturated heterocycles. The molecule has 24 heavy (non-hydrogen) atoms. The second kappa shape index (κ2) is 7.46. The molecule has 0 unspecified atom stereocenters. The van der Waals surface area contributed by atoms with Gasteiger partial charge >= 0.3 is 0 Å². The Bertz CT molecular complexity index is 854. The second-order valence-corrected chi connectivity index (χ2v) is 7.55. The van der Waals surface area contributed by atoms with Gasteiger partial charge in [-0.25, -0.2) is 4.39 Å². The predicted molar refractivity (Wildman–Crippen MR) is 101 cm³/mol. The van der Waals surface area contributed by atoms with Crippen LogP contribution in [0.3, 0.4) is 0 Å². The van der Waals surface area contributed by atoms with E-state index in [4.69, 9.17) is 17.0 Å². The summed E-state index contributed by atoms with van der Waals surface area (Å²) in [5.41, 5.74) is 1.18. The summed E-state index contributed by atoms with van der Waals surface area (Å²) in [4.78, 5) is 12.3. The summed E-state index contributed by atoms with van der Waals surface area (Å²) < 4.78 is 20.7. The van der Waals surface area contributed by atoms with E-state index in [-0.39, 0.29) is 18.3 Å². The maximum absolute atomic E-state index is 13.7. The van der Waals surface area contributed by atoms with Crippen molar-refractivity contribution in [3.8, 4) is 5.75 Å². The highest BCUT2D eigenvalue weighted by atomic mass is 79.9. The number of hydrogen-bond donors (Lipinski definition) is 1. The highest BCUT2D eigenvalue weighted by Gasteiger charge is 2.22. The number of carbonyl (C=O) groups excluding carboxylic acids is 1. The van der Waals surface area contributed by atoms with E-state index in [0.717, 1.165) is 4.47 Å². The quantitative estimate of drug-likeness (QED) is 0.573. The van der Waals surface area contributed by atoms with E-state index in [1.165, 1.54) is 17.8 Å². The number of nitrogens with one attached hydrogen (secondary N) is 1. The van der Waals surface area contributed by atoms with Crippen LogP contribution in [-0.4, -0.2) is 10.2 Å². The van der Waals surface area contributed by atoms with Crippen molar-refractivity contribution >= 4 is 56.2 Å². The summed E-state index contributed by atoms with van der Waals surface area (Å²) in [7, 11) is 0. The third-order valence-electron chi connectivity index (χ3n) is 3.24. The Morgan fingerprint density at radius 3 is 2.79 bits per heavy atom. The lowest BCUT2D eigenvalue weighted by Crippen LogP contribution is -2.17. The summed E-state index contributed by atoms with van der Waals surface area (Å²) >= 11 is 9.59. The molecule has 3 nitrogen and oxygen atoms in total. The van der Waals surface area contributed by atoms with Gasteiger partial charge in [-0.3, -0.25) is 4.79 Å². The molecule has 122 valence electrons. The van der Waals surface area contributed by atoms with Crippen molar-refractivity contribution < 1.29 is 13.9 Å². The zero-order valence-corrected chi connectivity index (χ0v) is 15.4. The molecule has 3 rings (SSSR count). The van der Waals surface area contributed by atoms with Crippen molar-refractivity contribution in [1.82, 2.24) is 5.32 Å². The third kappa shape index (κ3) is 4.03. The van der Waals surface area contributed by atoms with Crippen LogP contribution in [0.1, 0.15) is 11.1 Å². The van der Waals surface area contributed by atoms with Crippen LogP contribution in [0.2, 0.25) is 0 Å². The van der Waals surface area contributed by atoms with Gasteiger partial charge in [0.2, 0.25) is 0 Å². The van der Waals surface area contributed by atoms with Gasteiger partial charge in [0.05, 0.1) is 4.91 Å². The minimum absolute atomic E-state index is 0.0994. The summed E-state index contributed by atoms with van der Waals surface area (Å²) in [5, 5.41) is 2.57. The third-order valence-corrected chi connectivity index (χ3v) is 4.90. The molecule has 7 heteroatoms. The van der Waals surface area contributed by atoms with Crippen LogP contribution in [0.5, 0.6) is 5.75 Å². The van der Waals surface area contributed by atoms with Crippen LogP contribution in [0.15, 0.2) is 51.8 Å². The van der Waals surface area contributed by atoms with Crippen molar-refractivity contribution in [1.29, 1.82) is 0 Å². The van der Waals surface area contributed by atoms with Crippen molar-refractivity contribution in [2.24, 2.45) is 0 Å². The number of ether oxygens (including phenoxy) is 1. The first kappa shape index (κ1) is 17.1. The van der Waals surface area contributed by atoms with Gasteiger partial charge in [-0.05, 0) is 30.3 Å². The molecule has 0 radical (unpaired) electrons. The average molecular weight is 424 g/mol. The number of benzene rings is 2. The average Bonchev–Trinajstić information content (AvgIpc) is 2.85. The number of amides is 1. The van der Waals surface area contributed by atoms with Crippen LogP contribution in [0.4, 0.5) is 4.39 Å². The number of rotatable bonds is 4. The summed E-state index contributed by atoms with van der Waals surface area (Å²) in [6.45, 7) is 0.0994. The van der Waals surface area contributed by atoms with Crippen LogP contribution in [-0.2, 0) is 11.4 Å². The Labute approximate surface area is 156 Å². The Morgan fingerprint density at radius 2 is 2.08 bits per heavy atom. The summed E-state index contributed by atoms with van der Waals surface area (Å²) in [5.74, 6) is 0.00999. The van der Waals surface area contributed by atoms with E-state index >= 15 is 0 Å². The Hall–Kier alpha value is -1.70. The van der Waals surface area contributed by atoms with Crippen LogP contribution in [0.25, 0.3) is 6.08 Å². The molecule has 0 saturated carbocycles. The lowest BCUT2D eigenvalue weighted by Gasteiger charge is -2.11. The standard InChI is InChI=1S/C17H11BrFNO2S2/c18-12-5-6-14(22-9-10-3-1-2-4-13(10)19)11(7-12)8-15-16(21)20-17(23)24-15/h1-8H,9H2,(H,20,21,23)/b15-8-. The van der Waals surface area contributed by atoms with Crippen molar-refractivity contribution in [3.05, 3.63) is 68.8 Å². The molecule has 2 aromatic carbocycles. The topological polar surface area (TPSA) is 38.3 Å². The van der Waals surface area contributed by atoms with E-state index in [0.29, 0.717) is 26.1 Å². The Kier molecular flexibility index (Phi) is 5.33. The maximum Gasteiger partial charge on any atom is 0.263 e. The van der Waals surface area contributed by atoms with Crippen LogP contribution >= 0.6 is 39.9 Å². The molecule has 1 amide bonds. The molecule has 1 aliphatic heterocycles. The Morgan fingerprint density at radius 1 is 1.29 bits per heavy atom. The number of thioether (sulfide) groups is 1. The van der Waals surface area contributed by atoms with E-state index in [1.807, 2.05) is 12.1 Å². The molecule has 0 atom stereocenters. The van der Waals surface area contributed by atoms with Gasteiger partial charge in [-0.15, -0.1) is 0 Å². The molecule has 1 aliphatic rings. The van der Waals surface area contributed by atoms with Crippen molar-refractivity contribution in [3.63, 3.8) is 0 Å². The van der Waals surface area contributed by atoms with Gasteiger partial charge in [-0.2, -0.15) is 0 Å². The molecule has 1 heterocycles. The van der Waals surface area contributed by atoms with Gasteiger partial charge in [-0.1, -0.05) is 58.1 Å². The van der Waals surface area contributed by atoms with E-state index in [1.54, 1.807) is 30.3 Å². The summed E-state index contributed by atoms with van der Waals surface area (Å²) in [6.07, 6.45) is 1.71. The monoisotopic (exact) mass is 423 g/mol. The van der Waals surface area contributed by atoms with Gasteiger partial charge in [0.15, 0.2) is 0 Å². The van der Waals surface area contributed by atoms with Crippen molar-refractivity contribution in [2.45, 2.75) is 6.61 Å². The SMILES string of the molecule is O=C1NC(=S)S/C1=C\c1cc(Br)ccc1OCc1ccccc1F. The Balaban J connectivity index is 1.86. The highest BCUT2D eigenvalue weighted by molar-refractivity contribution is 9.10. The summed E-state index contributed by atoms with van der Waals surface area (Å²) in [6, 6.07) is 11.9. The fraction of sp³-hybridized carbons (Fsp3) is 0.0588. The fourth-order valence-corrected chi connectivity index (χ4v) is 3.51. The second-order valence-electron chi connectivity index (χ2n) is 4.91. The maximum atomic E-state index is 13.7. The first-order valence-corrected chi connectivity index (χ1v) is 8.95. The number of hydrogen-bond acceptors (Lipinski definition) is 4. The van der Waals surface area contributed by atoms with Gasteiger partial charge < -0.3 is 10.1 Å². The van der Waals surface area contributed by atoms with Crippen LogP contribution in [0, 0.1) is 5.82 Å². The molecule has 0 aromatic heterocycles. The lowest BCUT2D eigenvalue weighted by molar-refractivity contribution is -0.115. The van der Waals surface area contributed by atoms with E-state index in [2.05, 4.69) is 21.2 Å². The number of halogens is 2. The number of thiocarbonyl (C=S) groups is 1. The molecular weight excluding hydrogens is 413 g/mol. The normalized spacial score (nSPS) is 15.7. The molecule has 0 aliphatic carbocycles. The predicted octanol–water partition coefficient (Wildman–Crippen LogP) is 4.66. The van der Waals surface area contributed by atoms with Crippen LogP contribution < -0.4 is 10.1 Å². The zero-order chi connectivity index (χ0) is 17.1. The van der Waals surface area contributed by atoms with Crippen molar-refractivity contribution in [2.75, 3.05) is 0 Å². The van der Waals surface area contributed by atoms with Gasteiger partial charge in [0, 0.05) is 15.6 Å². The minimum atomic E-state index is -0.314. The smallest absolute Gasteiger partial charge is 0.263 e. The molecule has 1 N–H and O–H groups in total. The first-order valence-electron chi connectivity index (χ1n) is 6.93. The molecule has 0 spiro atoms. The molecule has 0 bridgehead atoms. The highest BCUT2D eigenvalue weighted by Crippen LogP contribution is 2.31. The number of carbonyl (C=O) groups is 1. The van der Waals surface area contributed by atoms with Gasteiger partial charge in [0.1, 0.15) is 22.5 Å². The van der Waals surface area contributed by atoms with E-state index < -0.39 is 0 Å². The molecule has 2 aromatic rings. The minimum Gasteiger partial charge on any atom is -0.488 e. The van der Waals surface area contributed by atoms with Gasteiger partial charge in [0.25, 0.3) is 5.91 Å². The fourth-order valence-electron chi connectivity index (χ4n) is 2.10.